The summed E-state index contributed by atoms with van der Waals surface area (Å²) in [6.07, 6.45) is 0.711. The molecule has 2 N–H and O–H groups in total. The molecule has 1 aromatic heterocycles. The minimum atomic E-state index is -0.0923. The predicted octanol–water partition coefficient (Wildman–Crippen LogP) is 4.25. The molecule has 0 fully saturated rings. The molecule has 1 unspecified atom stereocenters. The molecular weight excluding hydrogens is 279 g/mol. The largest absolute Gasteiger partial charge is 0.324 e. The van der Waals surface area contributed by atoms with Crippen LogP contribution in [0.25, 0.3) is 0 Å². The summed E-state index contributed by atoms with van der Waals surface area (Å²) in [4.78, 5) is 4.44. The van der Waals surface area contributed by atoms with Gasteiger partial charge in [-0.1, -0.05) is 35.3 Å². The fourth-order valence-corrected chi connectivity index (χ4v) is 2.44. The van der Waals surface area contributed by atoms with Crippen LogP contribution in [0.4, 0.5) is 0 Å². The average Bonchev–Trinajstić information content (AvgIpc) is 2.33. The van der Waals surface area contributed by atoms with E-state index in [0.29, 0.717) is 16.5 Å². The summed E-state index contributed by atoms with van der Waals surface area (Å²) in [6.45, 7) is 3.96. The molecule has 1 aromatic carbocycles. The highest BCUT2D eigenvalue weighted by atomic mass is 35.5. The third kappa shape index (κ3) is 3.47. The fraction of sp³-hybridized carbons (Fsp3) is 0.267. The molecule has 1 atom stereocenters. The molecule has 19 heavy (non-hydrogen) atoms. The quantitative estimate of drug-likeness (QED) is 0.919. The number of pyridine rings is 1. The normalized spacial score (nSPS) is 12.5. The van der Waals surface area contributed by atoms with Crippen LogP contribution in [0.3, 0.4) is 0 Å². The van der Waals surface area contributed by atoms with Crippen LogP contribution in [0, 0.1) is 13.8 Å². The van der Waals surface area contributed by atoms with Crippen molar-refractivity contribution >= 4 is 23.2 Å². The maximum Gasteiger partial charge on any atom is 0.0595 e. The molecule has 0 aliphatic carbocycles. The van der Waals surface area contributed by atoms with E-state index in [0.717, 1.165) is 22.5 Å². The lowest BCUT2D eigenvalue weighted by molar-refractivity contribution is 0.709. The van der Waals surface area contributed by atoms with Gasteiger partial charge in [0, 0.05) is 17.4 Å². The fourth-order valence-electron chi connectivity index (χ4n) is 2.12. The number of aryl methyl sites for hydroxylation is 2. The number of aromatic nitrogens is 1. The van der Waals surface area contributed by atoms with Crippen LogP contribution >= 0.6 is 23.2 Å². The molecule has 2 aromatic rings. The van der Waals surface area contributed by atoms with Gasteiger partial charge in [-0.15, -0.1) is 0 Å². The number of nitrogens with two attached hydrogens (primary N) is 1. The zero-order valence-corrected chi connectivity index (χ0v) is 12.5. The molecule has 0 spiro atoms. The van der Waals surface area contributed by atoms with Gasteiger partial charge < -0.3 is 5.73 Å². The van der Waals surface area contributed by atoms with Crippen molar-refractivity contribution in [3.8, 4) is 0 Å². The lowest BCUT2D eigenvalue weighted by atomic mass is 9.98. The molecule has 2 nitrogen and oxygen atoms in total. The van der Waals surface area contributed by atoms with Crippen molar-refractivity contribution in [2.75, 3.05) is 0 Å². The first-order chi connectivity index (χ1) is 8.97. The second kappa shape index (κ2) is 5.91. The Bertz CT molecular complexity index is 597. The van der Waals surface area contributed by atoms with E-state index in [-0.39, 0.29) is 6.04 Å². The highest BCUT2D eigenvalue weighted by molar-refractivity contribution is 6.42. The second-order valence-corrected chi connectivity index (χ2v) is 5.50. The Kier molecular flexibility index (Phi) is 4.46. The number of nitrogens with zero attached hydrogens (tertiary/aromatic N) is 1. The summed E-state index contributed by atoms with van der Waals surface area (Å²) in [6, 6.07) is 9.54. The smallest absolute Gasteiger partial charge is 0.0595 e. The van der Waals surface area contributed by atoms with E-state index in [2.05, 4.69) is 4.98 Å². The number of benzene rings is 1. The van der Waals surface area contributed by atoms with E-state index in [1.807, 2.05) is 38.1 Å². The summed E-state index contributed by atoms with van der Waals surface area (Å²) in [5.74, 6) is 0. The summed E-state index contributed by atoms with van der Waals surface area (Å²) in [5, 5.41) is 1.12. The van der Waals surface area contributed by atoms with Crippen LogP contribution in [-0.4, -0.2) is 4.98 Å². The lowest BCUT2D eigenvalue weighted by Gasteiger charge is -2.15. The Labute approximate surface area is 123 Å². The van der Waals surface area contributed by atoms with Crippen molar-refractivity contribution in [2.24, 2.45) is 5.73 Å². The highest BCUT2D eigenvalue weighted by Gasteiger charge is 2.11. The van der Waals surface area contributed by atoms with Crippen LogP contribution in [0.15, 0.2) is 30.3 Å². The number of hydrogen-bond acceptors (Lipinski definition) is 2. The molecule has 100 valence electrons. The van der Waals surface area contributed by atoms with Gasteiger partial charge in [0.2, 0.25) is 0 Å². The zero-order chi connectivity index (χ0) is 14.0. The summed E-state index contributed by atoms with van der Waals surface area (Å²) in [5.41, 5.74) is 10.4. The van der Waals surface area contributed by atoms with Crippen LogP contribution in [-0.2, 0) is 6.42 Å². The Morgan fingerprint density at radius 2 is 1.84 bits per heavy atom. The first-order valence-electron chi connectivity index (χ1n) is 6.11. The molecule has 0 radical (unpaired) electrons. The average molecular weight is 295 g/mol. The van der Waals surface area contributed by atoms with Gasteiger partial charge in [0.05, 0.1) is 10.0 Å². The molecule has 0 saturated heterocycles. The van der Waals surface area contributed by atoms with Crippen molar-refractivity contribution in [1.82, 2.24) is 4.98 Å². The summed E-state index contributed by atoms with van der Waals surface area (Å²) >= 11 is 11.9. The van der Waals surface area contributed by atoms with Gasteiger partial charge in [0.15, 0.2) is 0 Å². The maximum absolute atomic E-state index is 6.25. The molecule has 0 aliphatic heterocycles. The highest BCUT2D eigenvalue weighted by Crippen LogP contribution is 2.25. The van der Waals surface area contributed by atoms with Crippen LogP contribution in [0.1, 0.15) is 28.6 Å². The topological polar surface area (TPSA) is 38.9 Å². The SMILES string of the molecule is Cc1ccc(C(N)Cc2ccc(Cl)c(Cl)c2)c(C)n1. The zero-order valence-electron chi connectivity index (χ0n) is 11.0. The van der Waals surface area contributed by atoms with Crippen molar-refractivity contribution in [3.63, 3.8) is 0 Å². The third-order valence-electron chi connectivity index (χ3n) is 3.11. The maximum atomic E-state index is 6.25. The summed E-state index contributed by atoms with van der Waals surface area (Å²) in [7, 11) is 0. The van der Waals surface area contributed by atoms with Crippen molar-refractivity contribution in [1.29, 1.82) is 0 Å². The lowest BCUT2D eigenvalue weighted by Crippen LogP contribution is -2.15. The second-order valence-electron chi connectivity index (χ2n) is 4.69. The van der Waals surface area contributed by atoms with E-state index >= 15 is 0 Å². The molecular formula is C15H16Cl2N2. The van der Waals surface area contributed by atoms with Gasteiger partial charge in [-0.3, -0.25) is 4.98 Å². The van der Waals surface area contributed by atoms with E-state index in [1.54, 1.807) is 6.07 Å². The molecule has 4 heteroatoms. The molecule has 1 heterocycles. The molecule has 0 saturated carbocycles. The van der Waals surface area contributed by atoms with Crippen LogP contribution in [0.2, 0.25) is 10.0 Å². The Hall–Kier alpha value is -1.09. The molecule has 2 rings (SSSR count). The van der Waals surface area contributed by atoms with Gasteiger partial charge in [-0.2, -0.15) is 0 Å². The molecule has 0 bridgehead atoms. The van der Waals surface area contributed by atoms with E-state index in [1.165, 1.54) is 0 Å². The van der Waals surface area contributed by atoms with Gasteiger partial charge in [0.25, 0.3) is 0 Å². The summed E-state index contributed by atoms with van der Waals surface area (Å²) < 4.78 is 0. The third-order valence-corrected chi connectivity index (χ3v) is 3.84. The Morgan fingerprint density at radius 3 is 2.47 bits per heavy atom. The standard InChI is InChI=1S/C15H16Cl2N2/c1-9-3-5-12(10(2)19-9)15(18)8-11-4-6-13(16)14(17)7-11/h3-7,15H,8,18H2,1-2H3. The Balaban J connectivity index is 2.20. The predicted molar refractivity (Wildman–Crippen MR) is 80.8 cm³/mol. The van der Waals surface area contributed by atoms with E-state index in [4.69, 9.17) is 28.9 Å². The molecule has 0 amide bonds. The number of halogens is 2. The van der Waals surface area contributed by atoms with Gasteiger partial charge in [-0.25, -0.2) is 0 Å². The van der Waals surface area contributed by atoms with Crippen LogP contribution in [0.5, 0.6) is 0 Å². The van der Waals surface area contributed by atoms with Gasteiger partial charge in [-0.05, 0) is 49.6 Å². The minimum Gasteiger partial charge on any atom is -0.324 e. The number of hydrogen-bond donors (Lipinski definition) is 1. The first-order valence-corrected chi connectivity index (χ1v) is 6.86. The van der Waals surface area contributed by atoms with Crippen molar-refractivity contribution in [2.45, 2.75) is 26.3 Å². The minimum absolute atomic E-state index is 0.0923. The van der Waals surface area contributed by atoms with Gasteiger partial charge in [0.1, 0.15) is 0 Å². The van der Waals surface area contributed by atoms with E-state index in [9.17, 15) is 0 Å². The van der Waals surface area contributed by atoms with Crippen LogP contribution < -0.4 is 5.73 Å². The molecule has 0 aliphatic rings. The first kappa shape index (κ1) is 14.3. The van der Waals surface area contributed by atoms with Gasteiger partial charge >= 0.3 is 0 Å². The van der Waals surface area contributed by atoms with Crippen molar-refractivity contribution in [3.05, 3.63) is 62.9 Å². The Morgan fingerprint density at radius 1 is 1.11 bits per heavy atom. The van der Waals surface area contributed by atoms with E-state index < -0.39 is 0 Å². The van der Waals surface area contributed by atoms with Crippen molar-refractivity contribution < 1.29 is 0 Å². The monoisotopic (exact) mass is 294 g/mol. The number of rotatable bonds is 3.